The van der Waals surface area contributed by atoms with E-state index in [2.05, 4.69) is 12.2 Å². The monoisotopic (exact) mass is 335 g/mol. The molecular formula is C20H21N3O2. The fraction of sp³-hybridized carbons (Fsp3) is 0.250. The number of carbonyl (C=O) groups is 2. The van der Waals surface area contributed by atoms with E-state index in [-0.39, 0.29) is 11.8 Å². The maximum Gasteiger partial charge on any atom is 0.255 e. The van der Waals surface area contributed by atoms with Crippen LogP contribution >= 0.6 is 0 Å². The third-order valence-corrected chi connectivity index (χ3v) is 3.82. The summed E-state index contributed by atoms with van der Waals surface area (Å²) in [6.07, 6.45) is 1.96. The molecule has 0 aliphatic carbocycles. The summed E-state index contributed by atoms with van der Waals surface area (Å²) in [5.41, 5.74) is 1.90. The lowest BCUT2D eigenvalue weighted by Gasteiger charge is -2.17. The predicted molar refractivity (Wildman–Crippen MR) is 97.4 cm³/mol. The Balaban J connectivity index is 2.13. The molecular weight excluding hydrogens is 314 g/mol. The highest BCUT2D eigenvalue weighted by molar-refractivity contribution is 6.06. The first-order chi connectivity index (χ1) is 12.0. The van der Waals surface area contributed by atoms with Gasteiger partial charge < -0.3 is 10.2 Å². The van der Waals surface area contributed by atoms with Crippen LogP contribution in [0.1, 0.15) is 46.0 Å². The number of unbranched alkanes of at least 4 members (excludes halogenated alkanes) is 1. The fourth-order valence-electron chi connectivity index (χ4n) is 2.38. The van der Waals surface area contributed by atoms with E-state index in [1.165, 1.54) is 0 Å². The number of benzene rings is 2. The molecule has 0 aromatic heterocycles. The van der Waals surface area contributed by atoms with Gasteiger partial charge in [-0.3, -0.25) is 9.59 Å². The standard InChI is InChI=1S/C20H21N3O2/c1-3-4-11-23(2)20(25)17-9-6-8-16(13-17)19(24)22-18-10-5-7-15(12-18)14-21/h5-10,12-13H,3-4,11H2,1-2H3,(H,22,24). The van der Waals surface area contributed by atoms with Gasteiger partial charge in [-0.05, 0) is 42.8 Å². The van der Waals surface area contributed by atoms with Crippen molar-refractivity contribution in [3.05, 3.63) is 65.2 Å². The third-order valence-electron chi connectivity index (χ3n) is 3.82. The van der Waals surface area contributed by atoms with Crippen molar-refractivity contribution in [1.82, 2.24) is 4.90 Å². The Kier molecular flexibility index (Phi) is 6.30. The first-order valence-corrected chi connectivity index (χ1v) is 8.22. The zero-order valence-electron chi connectivity index (χ0n) is 14.5. The topological polar surface area (TPSA) is 73.2 Å². The van der Waals surface area contributed by atoms with Crippen molar-refractivity contribution in [3.8, 4) is 6.07 Å². The first kappa shape index (κ1) is 18.2. The van der Waals surface area contributed by atoms with Crippen LogP contribution in [0.4, 0.5) is 5.69 Å². The summed E-state index contributed by atoms with van der Waals surface area (Å²) in [6, 6.07) is 15.4. The molecule has 2 rings (SSSR count). The smallest absolute Gasteiger partial charge is 0.255 e. The number of hydrogen-bond acceptors (Lipinski definition) is 3. The van der Waals surface area contributed by atoms with Crippen LogP contribution in [0.5, 0.6) is 0 Å². The molecule has 1 N–H and O–H groups in total. The molecule has 0 aliphatic rings. The zero-order chi connectivity index (χ0) is 18.2. The normalized spacial score (nSPS) is 9.96. The molecule has 0 saturated heterocycles. The summed E-state index contributed by atoms with van der Waals surface area (Å²) >= 11 is 0. The van der Waals surface area contributed by atoms with E-state index >= 15 is 0 Å². The number of hydrogen-bond donors (Lipinski definition) is 1. The van der Waals surface area contributed by atoms with Crippen LogP contribution in [0.2, 0.25) is 0 Å². The molecule has 2 amide bonds. The number of nitrogens with one attached hydrogen (secondary N) is 1. The zero-order valence-corrected chi connectivity index (χ0v) is 14.5. The molecule has 128 valence electrons. The highest BCUT2D eigenvalue weighted by Crippen LogP contribution is 2.14. The largest absolute Gasteiger partial charge is 0.342 e. The van der Waals surface area contributed by atoms with Crippen molar-refractivity contribution in [2.45, 2.75) is 19.8 Å². The van der Waals surface area contributed by atoms with Crippen LogP contribution in [-0.4, -0.2) is 30.3 Å². The van der Waals surface area contributed by atoms with Gasteiger partial charge in [0.1, 0.15) is 0 Å². The molecule has 0 heterocycles. The quantitative estimate of drug-likeness (QED) is 0.875. The van der Waals surface area contributed by atoms with Gasteiger partial charge in [0.2, 0.25) is 0 Å². The Morgan fingerprint density at radius 3 is 2.56 bits per heavy atom. The lowest BCUT2D eigenvalue weighted by atomic mass is 10.1. The van der Waals surface area contributed by atoms with Crippen molar-refractivity contribution in [3.63, 3.8) is 0 Å². The number of carbonyl (C=O) groups excluding carboxylic acids is 2. The number of rotatable bonds is 6. The molecule has 0 atom stereocenters. The van der Waals surface area contributed by atoms with Gasteiger partial charge in [0.15, 0.2) is 0 Å². The van der Waals surface area contributed by atoms with Gasteiger partial charge in [-0.1, -0.05) is 25.5 Å². The molecule has 0 spiro atoms. The fourth-order valence-corrected chi connectivity index (χ4v) is 2.38. The molecule has 0 aliphatic heterocycles. The van der Waals surface area contributed by atoms with Gasteiger partial charge in [0, 0.05) is 30.4 Å². The number of amides is 2. The lowest BCUT2D eigenvalue weighted by molar-refractivity contribution is 0.0793. The molecule has 2 aromatic carbocycles. The van der Waals surface area contributed by atoms with Gasteiger partial charge >= 0.3 is 0 Å². The number of nitriles is 1. The van der Waals surface area contributed by atoms with E-state index in [1.54, 1.807) is 60.5 Å². The average Bonchev–Trinajstić information content (AvgIpc) is 2.65. The van der Waals surface area contributed by atoms with E-state index in [1.807, 2.05) is 6.07 Å². The van der Waals surface area contributed by atoms with E-state index < -0.39 is 0 Å². The van der Waals surface area contributed by atoms with Crippen LogP contribution in [0, 0.1) is 11.3 Å². The third kappa shape index (κ3) is 4.92. The number of anilines is 1. The minimum Gasteiger partial charge on any atom is -0.342 e. The summed E-state index contributed by atoms with van der Waals surface area (Å²) in [6.45, 7) is 2.76. The highest BCUT2D eigenvalue weighted by Gasteiger charge is 2.14. The summed E-state index contributed by atoms with van der Waals surface area (Å²) < 4.78 is 0. The van der Waals surface area contributed by atoms with Crippen LogP contribution in [0.15, 0.2) is 48.5 Å². The van der Waals surface area contributed by atoms with E-state index in [4.69, 9.17) is 5.26 Å². The van der Waals surface area contributed by atoms with E-state index in [9.17, 15) is 9.59 Å². The van der Waals surface area contributed by atoms with Crippen molar-refractivity contribution < 1.29 is 9.59 Å². The summed E-state index contributed by atoms with van der Waals surface area (Å²) in [5.74, 6) is -0.421. The van der Waals surface area contributed by atoms with Gasteiger partial charge in [-0.2, -0.15) is 5.26 Å². The van der Waals surface area contributed by atoms with Crippen LogP contribution < -0.4 is 5.32 Å². The van der Waals surface area contributed by atoms with Gasteiger partial charge in [0.25, 0.3) is 11.8 Å². The van der Waals surface area contributed by atoms with Crippen LogP contribution in [0.3, 0.4) is 0 Å². The maximum absolute atomic E-state index is 12.4. The molecule has 5 heteroatoms. The highest BCUT2D eigenvalue weighted by atomic mass is 16.2. The van der Waals surface area contributed by atoms with Crippen molar-refractivity contribution in [2.75, 3.05) is 18.9 Å². The van der Waals surface area contributed by atoms with Crippen molar-refractivity contribution in [1.29, 1.82) is 5.26 Å². The molecule has 2 aromatic rings. The van der Waals surface area contributed by atoms with Crippen molar-refractivity contribution >= 4 is 17.5 Å². The Hall–Kier alpha value is -3.13. The lowest BCUT2D eigenvalue weighted by Crippen LogP contribution is -2.28. The van der Waals surface area contributed by atoms with Crippen LogP contribution in [-0.2, 0) is 0 Å². The van der Waals surface area contributed by atoms with Gasteiger partial charge in [-0.25, -0.2) is 0 Å². The SMILES string of the molecule is CCCCN(C)C(=O)c1cccc(C(=O)Nc2cccc(C#N)c2)c1. The number of nitrogens with zero attached hydrogens (tertiary/aromatic N) is 2. The molecule has 0 unspecified atom stereocenters. The summed E-state index contributed by atoms with van der Waals surface area (Å²) in [5, 5.41) is 11.7. The minimum absolute atomic E-state index is 0.102. The Morgan fingerprint density at radius 1 is 1.12 bits per heavy atom. The molecule has 0 radical (unpaired) electrons. The minimum atomic E-state index is -0.319. The first-order valence-electron chi connectivity index (χ1n) is 8.22. The second kappa shape index (κ2) is 8.65. The predicted octanol–water partition coefficient (Wildman–Crippen LogP) is 3.68. The van der Waals surface area contributed by atoms with Crippen LogP contribution in [0.25, 0.3) is 0 Å². The second-order valence-electron chi connectivity index (χ2n) is 5.81. The van der Waals surface area contributed by atoms with Gasteiger partial charge in [-0.15, -0.1) is 0 Å². The maximum atomic E-state index is 12.4. The Morgan fingerprint density at radius 2 is 1.84 bits per heavy atom. The van der Waals surface area contributed by atoms with E-state index in [0.717, 1.165) is 12.8 Å². The Bertz CT molecular complexity index is 809. The molecule has 0 saturated carbocycles. The second-order valence-corrected chi connectivity index (χ2v) is 5.81. The average molecular weight is 335 g/mol. The summed E-state index contributed by atoms with van der Waals surface area (Å²) in [4.78, 5) is 26.5. The summed E-state index contributed by atoms with van der Waals surface area (Å²) in [7, 11) is 1.76. The molecule has 0 bridgehead atoms. The van der Waals surface area contributed by atoms with Crippen molar-refractivity contribution in [2.24, 2.45) is 0 Å². The van der Waals surface area contributed by atoms with Gasteiger partial charge in [0.05, 0.1) is 11.6 Å². The molecule has 0 fully saturated rings. The Labute approximate surface area is 147 Å². The molecule has 5 nitrogen and oxygen atoms in total. The van der Waals surface area contributed by atoms with E-state index in [0.29, 0.717) is 28.9 Å². The molecule has 25 heavy (non-hydrogen) atoms.